The minimum absolute atomic E-state index is 0.000787. The number of aromatic nitrogens is 2. The number of carbonyl (C=O) groups is 1. The number of nitrogens with two attached hydrogens (primary N) is 1. The van der Waals surface area contributed by atoms with Crippen LogP contribution in [0.15, 0.2) is 6.20 Å². The van der Waals surface area contributed by atoms with Gasteiger partial charge in [0.15, 0.2) is 0 Å². The number of nitrogens with zero attached hydrogens (tertiary/aromatic N) is 2. The molecule has 0 saturated heterocycles. The van der Waals surface area contributed by atoms with Gasteiger partial charge in [0.05, 0.1) is 6.20 Å². The van der Waals surface area contributed by atoms with Gasteiger partial charge in [-0.25, -0.2) is 0 Å². The molecule has 2 atom stereocenters. The third-order valence-corrected chi connectivity index (χ3v) is 2.93. The molecule has 1 rings (SSSR count). The SMILES string of the molecule is CC(N)CCCC(C)C(=O)Nc1cnns1. The Morgan fingerprint density at radius 1 is 1.56 bits per heavy atom. The summed E-state index contributed by atoms with van der Waals surface area (Å²) in [6.45, 7) is 3.90. The van der Waals surface area contributed by atoms with Crippen LogP contribution in [0.2, 0.25) is 0 Å². The van der Waals surface area contributed by atoms with Gasteiger partial charge in [-0.3, -0.25) is 4.79 Å². The molecular formula is C10H18N4OS. The van der Waals surface area contributed by atoms with Crippen molar-refractivity contribution in [2.75, 3.05) is 5.32 Å². The van der Waals surface area contributed by atoms with Gasteiger partial charge in [0.2, 0.25) is 5.91 Å². The molecule has 0 fully saturated rings. The van der Waals surface area contributed by atoms with E-state index in [1.165, 1.54) is 11.5 Å². The van der Waals surface area contributed by atoms with Gasteiger partial charge in [0.1, 0.15) is 5.00 Å². The van der Waals surface area contributed by atoms with Crippen LogP contribution in [-0.4, -0.2) is 21.5 Å². The van der Waals surface area contributed by atoms with E-state index >= 15 is 0 Å². The highest BCUT2D eigenvalue weighted by Gasteiger charge is 2.13. The molecule has 5 nitrogen and oxygen atoms in total. The van der Waals surface area contributed by atoms with Crippen molar-refractivity contribution < 1.29 is 4.79 Å². The van der Waals surface area contributed by atoms with E-state index in [-0.39, 0.29) is 17.9 Å². The first kappa shape index (κ1) is 13.1. The van der Waals surface area contributed by atoms with Crippen molar-refractivity contribution in [1.82, 2.24) is 9.59 Å². The third kappa shape index (κ3) is 4.67. The molecular weight excluding hydrogens is 224 g/mol. The Labute approximate surface area is 99.6 Å². The smallest absolute Gasteiger partial charge is 0.227 e. The highest BCUT2D eigenvalue weighted by Crippen LogP contribution is 2.14. The molecule has 0 radical (unpaired) electrons. The molecule has 0 aliphatic carbocycles. The van der Waals surface area contributed by atoms with E-state index in [2.05, 4.69) is 14.9 Å². The van der Waals surface area contributed by atoms with E-state index in [0.29, 0.717) is 5.00 Å². The number of nitrogens with one attached hydrogen (secondary N) is 1. The molecule has 6 heteroatoms. The van der Waals surface area contributed by atoms with Gasteiger partial charge in [-0.1, -0.05) is 17.8 Å². The van der Waals surface area contributed by atoms with Crippen LogP contribution in [0.3, 0.4) is 0 Å². The Morgan fingerprint density at radius 3 is 2.88 bits per heavy atom. The number of carbonyl (C=O) groups excluding carboxylic acids is 1. The molecule has 0 aliphatic rings. The monoisotopic (exact) mass is 242 g/mol. The molecule has 16 heavy (non-hydrogen) atoms. The van der Waals surface area contributed by atoms with Crippen LogP contribution in [0.1, 0.15) is 33.1 Å². The number of hydrogen-bond acceptors (Lipinski definition) is 5. The molecule has 1 aromatic rings. The van der Waals surface area contributed by atoms with Crippen LogP contribution in [0.4, 0.5) is 5.00 Å². The second-order valence-electron chi connectivity index (χ2n) is 4.08. The van der Waals surface area contributed by atoms with E-state index < -0.39 is 0 Å². The average Bonchev–Trinajstić information content (AvgIpc) is 2.69. The standard InChI is InChI=1S/C10H18N4OS/c1-7(4-3-5-8(2)11)10(15)13-9-6-12-14-16-9/h6-8H,3-5,11H2,1-2H3,(H,13,15). The number of hydrogen-bond donors (Lipinski definition) is 2. The molecule has 1 aromatic heterocycles. The van der Waals surface area contributed by atoms with Gasteiger partial charge in [0.25, 0.3) is 0 Å². The Kier molecular flexibility index (Phi) is 5.34. The second kappa shape index (κ2) is 6.55. The topological polar surface area (TPSA) is 80.9 Å². The fourth-order valence-corrected chi connectivity index (χ4v) is 1.77. The third-order valence-electron chi connectivity index (χ3n) is 2.35. The van der Waals surface area contributed by atoms with Crippen molar-refractivity contribution in [3.05, 3.63) is 6.20 Å². The summed E-state index contributed by atoms with van der Waals surface area (Å²) in [5.41, 5.74) is 5.65. The predicted molar refractivity (Wildman–Crippen MR) is 65.2 cm³/mol. The first-order chi connectivity index (χ1) is 7.59. The molecule has 2 unspecified atom stereocenters. The van der Waals surface area contributed by atoms with Gasteiger partial charge in [-0.2, -0.15) is 0 Å². The molecule has 0 saturated carbocycles. The molecule has 0 aliphatic heterocycles. The van der Waals surface area contributed by atoms with Crippen LogP contribution in [-0.2, 0) is 4.79 Å². The van der Waals surface area contributed by atoms with Crippen LogP contribution in [0.25, 0.3) is 0 Å². The van der Waals surface area contributed by atoms with Gasteiger partial charge in [-0.05, 0) is 19.8 Å². The van der Waals surface area contributed by atoms with Crippen LogP contribution in [0, 0.1) is 5.92 Å². The van der Waals surface area contributed by atoms with Crippen molar-refractivity contribution in [3.63, 3.8) is 0 Å². The second-order valence-corrected chi connectivity index (χ2v) is 4.87. The zero-order chi connectivity index (χ0) is 12.0. The molecule has 0 spiro atoms. The molecule has 1 amide bonds. The minimum atomic E-state index is 0.000787. The van der Waals surface area contributed by atoms with Crippen molar-refractivity contribution in [2.24, 2.45) is 11.7 Å². The highest BCUT2D eigenvalue weighted by molar-refractivity contribution is 7.10. The highest BCUT2D eigenvalue weighted by atomic mass is 32.1. The van der Waals surface area contributed by atoms with Crippen molar-refractivity contribution >= 4 is 22.4 Å². The summed E-state index contributed by atoms with van der Waals surface area (Å²) < 4.78 is 3.68. The van der Waals surface area contributed by atoms with E-state index in [1.807, 2.05) is 13.8 Å². The zero-order valence-electron chi connectivity index (χ0n) is 9.64. The first-order valence-electron chi connectivity index (χ1n) is 5.43. The largest absolute Gasteiger partial charge is 0.328 e. The lowest BCUT2D eigenvalue weighted by atomic mass is 10.0. The quantitative estimate of drug-likeness (QED) is 0.794. The number of rotatable bonds is 6. The van der Waals surface area contributed by atoms with E-state index in [0.717, 1.165) is 19.3 Å². The lowest BCUT2D eigenvalue weighted by Crippen LogP contribution is -2.21. The maximum absolute atomic E-state index is 11.7. The first-order valence-corrected chi connectivity index (χ1v) is 6.20. The molecule has 0 aromatic carbocycles. The van der Waals surface area contributed by atoms with E-state index in [4.69, 9.17) is 5.73 Å². The Morgan fingerprint density at radius 2 is 2.31 bits per heavy atom. The van der Waals surface area contributed by atoms with Gasteiger partial charge >= 0.3 is 0 Å². The summed E-state index contributed by atoms with van der Waals surface area (Å²) in [7, 11) is 0. The Balaban J connectivity index is 2.25. The maximum atomic E-state index is 11.7. The summed E-state index contributed by atoms with van der Waals surface area (Å²) in [5, 5.41) is 7.14. The van der Waals surface area contributed by atoms with Crippen molar-refractivity contribution in [2.45, 2.75) is 39.2 Å². The maximum Gasteiger partial charge on any atom is 0.227 e. The Bertz CT molecular complexity index is 313. The van der Waals surface area contributed by atoms with Gasteiger partial charge in [0, 0.05) is 23.5 Å². The summed E-state index contributed by atoms with van der Waals surface area (Å²) in [6, 6.07) is 0.209. The molecule has 3 N–H and O–H groups in total. The summed E-state index contributed by atoms with van der Waals surface area (Å²) in [5.74, 6) is 0.0246. The van der Waals surface area contributed by atoms with Crippen LogP contribution >= 0.6 is 11.5 Å². The fourth-order valence-electron chi connectivity index (χ4n) is 1.34. The summed E-state index contributed by atoms with van der Waals surface area (Å²) in [4.78, 5) is 11.7. The molecule has 0 bridgehead atoms. The van der Waals surface area contributed by atoms with Gasteiger partial charge < -0.3 is 11.1 Å². The zero-order valence-corrected chi connectivity index (χ0v) is 10.5. The lowest BCUT2D eigenvalue weighted by molar-refractivity contribution is -0.119. The Hall–Kier alpha value is -1.01. The predicted octanol–water partition coefficient (Wildman–Crippen LogP) is 1.63. The minimum Gasteiger partial charge on any atom is -0.328 e. The van der Waals surface area contributed by atoms with Crippen molar-refractivity contribution in [3.8, 4) is 0 Å². The summed E-state index contributed by atoms with van der Waals surface area (Å²) in [6.07, 6.45) is 4.35. The average molecular weight is 242 g/mol. The fraction of sp³-hybridized carbons (Fsp3) is 0.700. The van der Waals surface area contributed by atoms with E-state index in [1.54, 1.807) is 6.20 Å². The summed E-state index contributed by atoms with van der Waals surface area (Å²) >= 11 is 1.18. The van der Waals surface area contributed by atoms with Crippen LogP contribution in [0.5, 0.6) is 0 Å². The number of anilines is 1. The normalized spacial score (nSPS) is 14.4. The van der Waals surface area contributed by atoms with Crippen molar-refractivity contribution in [1.29, 1.82) is 0 Å². The van der Waals surface area contributed by atoms with Gasteiger partial charge in [-0.15, -0.1) is 5.10 Å². The van der Waals surface area contributed by atoms with Crippen LogP contribution < -0.4 is 11.1 Å². The lowest BCUT2D eigenvalue weighted by Gasteiger charge is -2.11. The molecule has 90 valence electrons. The van der Waals surface area contributed by atoms with E-state index in [9.17, 15) is 4.79 Å². The number of amides is 1. The molecule has 1 heterocycles.